The Bertz CT molecular complexity index is 905. The molecule has 2 N–H and O–H groups in total. The van der Waals surface area contributed by atoms with E-state index in [4.69, 9.17) is 14.2 Å². The highest BCUT2D eigenvalue weighted by molar-refractivity contribution is 5.87. The lowest BCUT2D eigenvalue weighted by Crippen LogP contribution is -2.66. The van der Waals surface area contributed by atoms with Crippen molar-refractivity contribution < 1.29 is 55.6 Å². The number of hydrogen-bond acceptors (Lipinski definition) is 6. The van der Waals surface area contributed by atoms with Crippen molar-refractivity contribution in [1.29, 1.82) is 0 Å². The van der Waals surface area contributed by atoms with E-state index in [9.17, 15) is 41.4 Å². The summed E-state index contributed by atoms with van der Waals surface area (Å²) in [6.07, 6.45) is -15.3. The maximum Gasteiger partial charge on any atom is 0.428 e. The molecule has 2 rings (SSSR count). The molecule has 7 atom stereocenters. The van der Waals surface area contributed by atoms with E-state index in [0.717, 1.165) is 0 Å². The van der Waals surface area contributed by atoms with Gasteiger partial charge < -0.3 is 24.4 Å². The SMILES string of the molecule is C=C(C)C(=O)OC1CC2CC1C(C(C)(C)OC(C)C(C)(C)O)C2C(C)(C)OC(C)C(O)(C(F)(F)F)C(F)(F)F. The number of ether oxygens (including phenoxy) is 3. The molecule has 0 radical (unpaired) electrons. The number of carbonyl (C=O) groups excluding carboxylic acids is 1. The van der Waals surface area contributed by atoms with E-state index in [2.05, 4.69) is 6.58 Å². The van der Waals surface area contributed by atoms with Crippen LogP contribution in [0.4, 0.5) is 26.3 Å². The van der Waals surface area contributed by atoms with Crippen molar-refractivity contribution >= 4 is 5.97 Å². The van der Waals surface area contributed by atoms with E-state index in [1.807, 2.05) is 0 Å². The zero-order valence-corrected chi connectivity index (χ0v) is 24.0. The van der Waals surface area contributed by atoms with Gasteiger partial charge in [0.25, 0.3) is 5.60 Å². The van der Waals surface area contributed by atoms with Crippen molar-refractivity contribution in [2.75, 3.05) is 0 Å². The Kier molecular flexibility index (Phi) is 9.09. The normalized spacial score (nSPS) is 28.4. The smallest absolute Gasteiger partial charge is 0.428 e. The largest absolute Gasteiger partial charge is 0.459 e. The number of rotatable bonds is 10. The molecule has 7 unspecified atom stereocenters. The highest BCUT2D eigenvalue weighted by atomic mass is 19.4. The molecule has 2 bridgehead atoms. The number of alkyl halides is 6. The predicted molar refractivity (Wildman–Crippen MR) is 130 cm³/mol. The molecule has 0 aromatic carbocycles. The molecule has 0 saturated heterocycles. The van der Waals surface area contributed by atoms with Gasteiger partial charge in [-0.2, -0.15) is 26.3 Å². The highest BCUT2D eigenvalue weighted by Gasteiger charge is 2.74. The van der Waals surface area contributed by atoms with Crippen LogP contribution in [0.2, 0.25) is 0 Å². The van der Waals surface area contributed by atoms with Gasteiger partial charge in [-0.3, -0.25) is 0 Å². The van der Waals surface area contributed by atoms with Crippen LogP contribution in [-0.4, -0.2) is 69.3 Å². The monoisotopic (exact) mass is 576 g/mol. The third-order valence-electron chi connectivity index (χ3n) is 8.56. The molecule has 2 saturated carbocycles. The Morgan fingerprint density at radius 1 is 0.821 bits per heavy atom. The first-order chi connectivity index (χ1) is 17.2. The van der Waals surface area contributed by atoms with Gasteiger partial charge in [-0.15, -0.1) is 0 Å². The minimum absolute atomic E-state index is 0.188. The number of hydrogen-bond donors (Lipinski definition) is 2. The molecular formula is C27H42F6O6. The van der Waals surface area contributed by atoms with E-state index in [0.29, 0.717) is 19.8 Å². The first kappa shape index (κ1) is 33.8. The lowest BCUT2D eigenvalue weighted by molar-refractivity contribution is -0.400. The first-order valence-corrected chi connectivity index (χ1v) is 13.0. The van der Waals surface area contributed by atoms with Crippen molar-refractivity contribution in [2.45, 2.75) is 128 Å². The summed E-state index contributed by atoms with van der Waals surface area (Å²) < 4.78 is 98.8. The topological polar surface area (TPSA) is 85.2 Å². The van der Waals surface area contributed by atoms with Gasteiger partial charge >= 0.3 is 18.3 Å². The predicted octanol–water partition coefficient (Wildman–Crippen LogP) is 5.74. The fraction of sp³-hybridized carbons (Fsp3) is 0.889. The van der Waals surface area contributed by atoms with Gasteiger partial charge in [-0.05, 0) is 92.9 Å². The quantitative estimate of drug-likeness (QED) is 0.196. The Hall–Kier alpha value is -1.37. The molecule has 0 aromatic rings. The summed E-state index contributed by atoms with van der Waals surface area (Å²) in [5.74, 6) is -2.45. The van der Waals surface area contributed by atoms with Crippen LogP contribution in [0.5, 0.6) is 0 Å². The fourth-order valence-corrected chi connectivity index (χ4v) is 6.54. The summed E-state index contributed by atoms with van der Waals surface area (Å²) in [6.45, 7) is 16.7. The molecule has 12 heteroatoms. The Labute approximate surface area is 226 Å². The Morgan fingerprint density at radius 2 is 1.26 bits per heavy atom. The van der Waals surface area contributed by atoms with E-state index >= 15 is 0 Å². The van der Waals surface area contributed by atoms with E-state index in [1.165, 1.54) is 20.8 Å². The molecule has 39 heavy (non-hydrogen) atoms. The summed E-state index contributed by atoms with van der Waals surface area (Å²) in [7, 11) is 0. The summed E-state index contributed by atoms with van der Waals surface area (Å²) in [5, 5.41) is 20.4. The van der Waals surface area contributed by atoms with Crippen LogP contribution in [0, 0.1) is 23.7 Å². The molecule has 2 aliphatic carbocycles. The van der Waals surface area contributed by atoms with Crippen LogP contribution in [0.1, 0.15) is 75.2 Å². The zero-order chi connectivity index (χ0) is 30.7. The zero-order valence-electron chi connectivity index (χ0n) is 24.0. The third-order valence-corrected chi connectivity index (χ3v) is 8.56. The first-order valence-electron chi connectivity index (χ1n) is 13.0. The maximum atomic E-state index is 13.6. The molecule has 2 aliphatic rings. The maximum absolute atomic E-state index is 13.6. The van der Waals surface area contributed by atoms with E-state index in [-0.39, 0.29) is 17.4 Å². The van der Waals surface area contributed by atoms with Crippen LogP contribution in [0.25, 0.3) is 0 Å². The summed E-state index contributed by atoms with van der Waals surface area (Å²) in [5.41, 5.74) is -8.84. The second-order valence-electron chi connectivity index (χ2n) is 12.8. The summed E-state index contributed by atoms with van der Waals surface area (Å²) in [6, 6.07) is 0. The Morgan fingerprint density at radius 3 is 1.67 bits per heavy atom. The second-order valence-corrected chi connectivity index (χ2v) is 12.8. The van der Waals surface area contributed by atoms with Crippen molar-refractivity contribution in [2.24, 2.45) is 23.7 Å². The number of halogens is 6. The molecule has 6 nitrogen and oxygen atoms in total. The lowest BCUT2D eigenvalue weighted by atomic mass is 9.64. The minimum Gasteiger partial charge on any atom is -0.459 e. The van der Waals surface area contributed by atoms with Gasteiger partial charge in [0.2, 0.25) is 0 Å². The van der Waals surface area contributed by atoms with Crippen LogP contribution >= 0.6 is 0 Å². The van der Waals surface area contributed by atoms with Gasteiger partial charge in [-0.1, -0.05) is 6.58 Å². The van der Waals surface area contributed by atoms with Crippen LogP contribution in [0.15, 0.2) is 12.2 Å². The van der Waals surface area contributed by atoms with E-state index < -0.39 is 70.9 Å². The van der Waals surface area contributed by atoms with Gasteiger partial charge in [0.1, 0.15) is 12.2 Å². The molecule has 2 fully saturated rings. The molecule has 0 aromatic heterocycles. The van der Waals surface area contributed by atoms with E-state index in [1.54, 1.807) is 34.6 Å². The minimum atomic E-state index is -6.04. The fourth-order valence-electron chi connectivity index (χ4n) is 6.54. The van der Waals surface area contributed by atoms with Crippen molar-refractivity contribution in [1.82, 2.24) is 0 Å². The molecular weight excluding hydrogens is 534 g/mol. The van der Waals surface area contributed by atoms with Crippen LogP contribution < -0.4 is 0 Å². The van der Waals surface area contributed by atoms with Gasteiger partial charge in [0.05, 0.1) is 22.9 Å². The summed E-state index contributed by atoms with van der Waals surface area (Å²) >= 11 is 0. The third kappa shape index (κ3) is 6.43. The molecule has 0 amide bonds. The highest BCUT2D eigenvalue weighted by Crippen LogP contribution is 2.62. The Balaban J connectivity index is 2.51. The second kappa shape index (κ2) is 10.5. The van der Waals surface area contributed by atoms with Crippen molar-refractivity contribution in [3.63, 3.8) is 0 Å². The van der Waals surface area contributed by atoms with Crippen molar-refractivity contribution in [3.05, 3.63) is 12.2 Å². The van der Waals surface area contributed by atoms with Gasteiger partial charge in [0.15, 0.2) is 0 Å². The number of esters is 1. The average Bonchev–Trinajstić information content (AvgIpc) is 3.28. The van der Waals surface area contributed by atoms with Gasteiger partial charge in [-0.25, -0.2) is 4.79 Å². The standard InChI is InChI=1S/C27H42F6O6/c1-13(2)21(34)37-18-12-16-11-17(18)20(24(9,10)38-14(3)22(5,6)35)19(16)23(7,8)39-15(4)25(36,26(28,29)30)27(31,32)33/h14-20,35-36H,1,11-12H2,2-10H3. The molecule has 0 aliphatic heterocycles. The number of carbonyl (C=O) groups is 1. The summed E-state index contributed by atoms with van der Waals surface area (Å²) in [4.78, 5) is 12.3. The number of fused-ring (bicyclic) bond motifs is 2. The molecule has 0 spiro atoms. The molecule has 0 heterocycles. The van der Waals surface area contributed by atoms with Crippen LogP contribution in [-0.2, 0) is 19.0 Å². The van der Waals surface area contributed by atoms with Gasteiger partial charge in [0, 0.05) is 11.5 Å². The van der Waals surface area contributed by atoms with Crippen LogP contribution in [0.3, 0.4) is 0 Å². The average molecular weight is 577 g/mol. The number of aliphatic hydroxyl groups is 2. The molecule has 228 valence electrons. The van der Waals surface area contributed by atoms with Crippen molar-refractivity contribution in [3.8, 4) is 0 Å². The lowest BCUT2D eigenvalue weighted by Gasteiger charge is -2.52.